The van der Waals surface area contributed by atoms with Crippen molar-refractivity contribution in [2.24, 2.45) is 0 Å². The topological polar surface area (TPSA) is 69.0 Å². The highest BCUT2D eigenvalue weighted by Gasteiger charge is 2.29. The van der Waals surface area contributed by atoms with E-state index < -0.39 is 0 Å². The van der Waals surface area contributed by atoms with E-state index in [4.69, 9.17) is 13.3 Å². The third-order valence-electron chi connectivity index (χ3n) is 28.6. The normalized spacial score (nSPS) is 11.8. The van der Waals surface area contributed by atoms with E-state index >= 15 is 0 Å². The average molecular weight is 1800 g/mol. The number of aromatic nitrogens is 6. The summed E-state index contributed by atoms with van der Waals surface area (Å²) in [5.74, 6) is 0. The summed E-state index contributed by atoms with van der Waals surface area (Å²) in [5, 5.41) is 14.1. The van der Waals surface area contributed by atoms with Crippen LogP contribution in [0.3, 0.4) is 0 Å². The second-order valence-electron chi connectivity index (χ2n) is 36.3. The third-order valence-corrected chi connectivity index (χ3v) is 28.6. The summed E-state index contributed by atoms with van der Waals surface area (Å²) >= 11 is 0. The molecule has 0 aliphatic rings. The van der Waals surface area contributed by atoms with Crippen LogP contribution in [0.4, 0.5) is 0 Å². The SMILES string of the molecule is c1ccc(-n2c3ccccc3c3c(-c4ccccc4-c4cccc5c4oc4c6ccccc6n(-c6ccccc6)c54)cccc32)cc1.c1ccc(-n2c3ccccc3c3ccc(-c4ccccc4-c4ccc5c(c4)oc4c6ccccc6n(-c6ccccc6)c54)cc32)cc1.c1ccc(-n2c3ccccc3c3cccc(-c4ccccc4-c4ccc5c(c4)oc4c6ccccc6n(-c6ccccc6)c54)c32)cc1. The molecule has 0 N–H and O–H groups in total. The molecule has 30 rings (SSSR count). The summed E-state index contributed by atoms with van der Waals surface area (Å²) in [4.78, 5) is 0. The minimum absolute atomic E-state index is 0.884. The van der Waals surface area contributed by atoms with E-state index in [0.29, 0.717) is 0 Å². The van der Waals surface area contributed by atoms with Gasteiger partial charge in [-0.3, -0.25) is 0 Å². The van der Waals surface area contributed by atoms with Crippen molar-refractivity contribution in [3.63, 3.8) is 0 Å². The molecule has 0 aliphatic heterocycles. The van der Waals surface area contributed by atoms with Crippen molar-refractivity contribution in [1.29, 1.82) is 0 Å². The van der Waals surface area contributed by atoms with Gasteiger partial charge in [-0.2, -0.15) is 0 Å². The number of para-hydroxylation sites is 14. The van der Waals surface area contributed by atoms with Crippen molar-refractivity contribution in [2.45, 2.75) is 0 Å². The lowest BCUT2D eigenvalue weighted by Gasteiger charge is -2.15. The van der Waals surface area contributed by atoms with Gasteiger partial charge in [-0.1, -0.05) is 340 Å². The summed E-state index contributed by atoms with van der Waals surface area (Å²) in [6, 6.07) is 182. The Morgan fingerprint density at radius 3 is 0.851 bits per heavy atom. The van der Waals surface area contributed by atoms with Gasteiger partial charge < -0.3 is 40.7 Å². The highest BCUT2D eigenvalue weighted by atomic mass is 16.3. The number of furan rings is 3. The Balaban J connectivity index is 0.000000104. The molecule has 0 fully saturated rings. The van der Waals surface area contributed by atoms with E-state index in [0.717, 1.165) is 155 Å². The highest BCUT2D eigenvalue weighted by molar-refractivity contribution is 6.24. The van der Waals surface area contributed by atoms with Crippen LogP contribution in [0.15, 0.2) is 523 Å². The number of benzene rings is 21. The minimum Gasteiger partial charge on any atom is -0.454 e. The molecule has 0 aliphatic carbocycles. The van der Waals surface area contributed by atoms with Crippen LogP contribution in [-0.2, 0) is 0 Å². The zero-order valence-corrected chi connectivity index (χ0v) is 76.4. The van der Waals surface area contributed by atoms with Gasteiger partial charge in [0.1, 0.15) is 33.3 Å². The Labute approximate surface area is 809 Å². The number of rotatable bonds is 12. The molecule has 30 aromatic rings. The van der Waals surface area contributed by atoms with Gasteiger partial charge >= 0.3 is 0 Å². The van der Waals surface area contributed by atoms with Crippen LogP contribution in [0.25, 0.3) is 265 Å². The van der Waals surface area contributed by atoms with E-state index in [1.165, 1.54) is 110 Å². The van der Waals surface area contributed by atoms with E-state index in [1.807, 2.05) is 0 Å². The molecule has 0 radical (unpaired) electrons. The van der Waals surface area contributed by atoms with Crippen LogP contribution in [0, 0.1) is 0 Å². The minimum atomic E-state index is 0.884. The molecular formula is C132H84N6O3. The van der Waals surface area contributed by atoms with Gasteiger partial charge in [0.15, 0.2) is 16.7 Å². The molecule has 9 heteroatoms. The summed E-state index contributed by atoms with van der Waals surface area (Å²) in [7, 11) is 0. The van der Waals surface area contributed by atoms with Gasteiger partial charge in [0.25, 0.3) is 0 Å². The maximum atomic E-state index is 6.94. The van der Waals surface area contributed by atoms with Crippen molar-refractivity contribution in [2.75, 3.05) is 0 Å². The predicted molar refractivity (Wildman–Crippen MR) is 587 cm³/mol. The Bertz CT molecular complexity index is 10200. The number of nitrogens with zero attached hydrogens (tertiary/aromatic N) is 6. The highest BCUT2D eigenvalue weighted by Crippen LogP contribution is 2.51. The van der Waals surface area contributed by atoms with Gasteiger partial charge in [0, 0.05) is 110 Å². The lowest BCUT2D eigenvalue weighted by atomic mass is 9.91. The first-order chi connectivity index (χ1) is 70.0. The van der Waals surface area contributed by atoms with Crippen molar-refractivity contribution in [3.8, 4) is 101 Å². The van der Waals surface area contributed by atoms with Crippen LogP contribution < -0.4 is 0 Å². The summed E-state index contributed by atoms with van der Waals surface area (Å²) in [6.07, 6.45) is 0. The van der Waals surface area contributed by atoms with Crippen LogP contribution in [-0.4, -0.2) is 27.4 Å². The molecule has 0 atom stereocenters. The molecule has 9 aromatic heterocycles. The van der Waals surface area contributed by atoms with Gasteiger partial charge in [0.2, 0.25) is 0 Å². The number of hydrogen-bond donors (Lipinski definition) is 0. The fourth-order valence-corrected chi connectivity index (χ4v) is 22.6. The molecule has 141 heavy (non-hydrogen) atoms. The first kappa shape index (κ1) is 80.5. The molecule has 0 saturated heterocycles. The maximum absolute atomic E-state index is 6.94. The third kappa shape index (κ3) is 12.9. The molecule has 0 spiro atoms. The van der Waals surface area contributed by atoms with E-state index in [1.54, 1.807) is 0 Å². The van der Waals surface area contributed by atoms with Crippen LogP contribution in [0.2, 0.25) is 0 Å². The lowest BCUT2D eigenvalue weighted by molar-refractivity contribution is 0.672. The van der Waals surface area contributed by atoms with Crippen molar-refractivity contribution >= 4 is 164 Å². The summed E-state index contributed by atoms with van der Waals surface area (Å²) in [6.45, 7) is 0. The largest absolute Gasteiger partial charge is 0.454 e. The Morgan fingerprint density at radius 2 is 0.390 bits per heavy atom. The molecule has 0 saturated carbocycles. The predicted octanol–water partition coefficient (Wildman–Crippen LogP) is 35.9. The standard InChI is InChI=1S/3C44H28N2O/c1-3-15-29(16-4-1)45-38-26-11-9-21-35(38)41-33(23-14-28-40(41)45)31-19-7-8-20-32(31)34-24-13-25-37-42-44(47-43(34)37)36-22-10-12-27-39(36)46(42)30-17-5-2-6-18-30;1-3-14-30(15-4-1)45-39-24-11-9-20-34(39)36-23-13-22-35(42(36)45)33-19-8-7-18-32(33)29-26-27-38-41(28-29)47-44-37-21-10-12-25-40(37)46(43(38)44)31-16-5-2-6-17-31;1-3-13-31(14-4-1)45-39-21-11-9-19-35(39)36-25-23-29(27-41(36)45)33-17-7-8-18-34(33)30-24-26-38-42(28-30)47-44-37-20-10-12-22-40(37)46(43(38)44)32-15-5-2-6-16-32/h3*1-28H. The molecular weight excluding hydrogens is 1720 g/mol. The smallest absolute Gasteiger partial charge is 0.161 e. The quantitative estimate of drug-likeness (QED) is 0.122. The molecule has 660 valence electrons. The zero-order valence-electron chi connectivity index (χ0n) is 76.4. The molecule has 0 bridgehead atoms. The second-order valence-corrected chi connectivity index (χ2v) is 36.3. The number of fused-ring (bicyclic) bond motifs is 24. The maximum Gasteiger partial charge on any atom is 0.161 e. The van der Waals surface area contributed by atoms with Gasteiger partial charge in [-0.15, -0.1) is 0 Å². The zero-order chi connectivity index (χ0) is 92.7. The number of hydrogen-bond acceptors (Lipinski definition) is 3. The summed E-state index contributed by atoms with van der Waals surface area (Å²) < 4.78 is 34.5. The van der Waals surface area contributed by atoms with Crippen molar-refractivity contribution in [3.05, 3.63) is 510 Å². The molecule has 0 amide bonds. The van der Waals surface area contributed by atoms with Gasteiger partial charge in [0.05, 0.1) is 49.7 Å². The lowest BCUT2D eigenvalue weighted by Crippen LogP contribution is -1.96. The van der Waals surface area contributed by atoms with Crippen LogP contribution in [0.5, 0.6) is 0 Å². The second kappa shape index (κ2) is 33.0. The van der Waals surface area contributed by atoms with E-state index in [2.05, 4.69) is 537 Å². The Hall–Kier alpha value is -19.0. The molecule has 9 nitrogen and oxygen atoms in total. The van der Waals surface area contributed by atoms with E-state index in [-0.39, 0.29) is 0 Å². The molecule has 0 unspecified atom stereocenters. The van der Waals surface area contributed by atoms with Crippen LogP contribution >= 0.6 is 0 Å². The van der Waals surface area contributed by atoms with Gasteiger partial charge in [-0.25, -0.2) is 0 Å². The summed E-state index contributed by atoms with van der Waals surface area (Å²) in [5.41, 5.74) is 40.2. The van der Waals surface area contributed by atoms with Gasteiger partial charge in [-0.05, 0) is 225 Å². The Morgan fingerprint density at radius 1 is 0.128 bits per heavy atom. The first-order valence-corrected chi connectivity index (χ1v) is 48.1. The Kier molecular flexibility index (Phi) is 18.8. The molecule has 9 heterocycles. The van der Waals surface area contributed by atoms with Crippen molar-refractivity contribution < 1.29 is 13.3 Å². The average Bonchev–Trinajstić information content (AvgIpc) is 1.57. The van der Waals surface area contributed by atoms with Crippen LogP contribution in [0.1, 0.15) is 0 Å². The fourth-order valence-electron chi connectivity index (χ4n) is 22.6. The molecule has 21 aromatic carbocycles. The fraction of sp³-hybridized carbons (Fsp3) is 0. The monoisotopic (exact) mass is 1800 g/mol. The van der Waals surface area contributed by atoms with E-state index in [9.17, 15) is 0 Å². The first-order valence-electron chi connectivity index (χ1n) is 48.1. The van der Waals surface area contributed by atoms with Crippen molar-refractivity contribution in [1.82, 2.24) is 27.4 Å².